The lowest BCUT2D eigenvalue weighted by atomic mass is 9.92. The van der Waals surface area contributed by atoms with Crippen LogP contribution in [0.5, 0.6) is 0 Å². The minimum Gasteiger partial charge on any atom is -0.419 e. The third kappa shape index (κ3) is 3.31. The van der Waals surface area contributed by atoms with E-state index in [4.69, 9.17) is 10.2 Å². The second kappa shape index (κ2) is 6.37. The van der Waals surface area contributed by atoms with Crippen molar-refractivity contribution < 1.29 is 4.42 Å². The van der Waals surface area contributed by atoms with Gasteiger partial charge >= 0.3 is 0 Å². The van der Waals surface area contributed by atoms with E-state index in [2.05, 4.69) is 22.0 Å². The summed E-state index contributed by atoms with van der Waals surface area (Å²) in [4.78, 5) is 2.36. The van der Waals surface area contributed by atoms with Gasteiger partial charge in [-0.1, -0.05) is 25.1 Å². The zero-order chi connectivity index (χ0) is 14.7. The fraction of sp³-hybridized carbons (Fsp3) is 0.500. The Kier molecular flexibility index (Phi) is 4.31. The molecule has 2 atom stereocenters. The molecule has 0 bridgehead atoms. The van der Waals surface area contributed by atoms with Crippen LogP contribution in [0.2, 0.25) is 0 Å². The highest BCUT2D eigenvalue weighted by Crippen LogP contribution is 2.24. The van der Waals surface area contributed by atoms with Crippen LogP contribution in [0.1, 0.15) is 25.7 Å². The van der Waals surface area contributed by atoms with Crippen molar-refractivity contribution in [2.75, 3.05) is 13.1 Å². The second-order valence-corrected chi connectivity index (χ2v) is 5.86. The molecule has 0 amide bonds. The van der Waals surface area contributed by atoms with Gasteiger partial charge in [-0.25, -0.2) is 0 Å². The second-order valence-electron chi connectivity index (χ2n) is 5.86. The smallest absolute Gasteiger partial charge is 0.247 e. The predicted molar refractivity (Wildman–Crippen MR) is 81.4 cm³/mol. The number of nitrogens with two attached hydrogens (primary N) is 1. The zero-order valence-electron chi connectivity index (χ0n) is 12.4. The normalized spacial score (nSPS) is 23.3. The largest absolute Gasteiger partial charge is 0.419 e. The lowest BCUT2D eigenvalue weighted by Gasteiger charge is -2.36. The summed E-state index contributed by atoms with van der Waals surface area (Å²) in [5.41, 5.74) is 6.85. The molecule has 0 spiro atoms. The van der Waals surface area contributed by atoms with E-state index in [1.165, 1.54) is 6.42 Å². The Hall–Kier alpha value is -1.72. The van der Waals surface area contributed by atoms with Crippen molar-refractivity contribution in [2.24, 2.45) is 11.7 Å². The SMILES string of the molecule is CC1CCN(Cc2nnc(-c3ccccc3)o2)C(CN)C1. The lowest BCUT2D eigenvalue weighted by molar-refractivity contribution is 0.105. The van der Waals surface area contributed by atoms with Crippen molar-refractivity contribution in [3.05, 3.63) is 36.2 Å². The predicted octanol–water partition coefficient (Wildman–Crippen LogP) is 2.30. The van der Waals surface area contributed by atoms with E-state index < -0.39 is 0 Å². The zero-order valence-corrected chi connectivity index (χ0v) is 12.4. The van der Waals surface area contributed by atoms with Crippen LogP contribution in [0.25, 0.3) is 11.5 Å². The molecule has 112 valence electrons. The van der Waals surface area contributed by atoms with Crippen LogP contribution >= 0.6 is 0 Å². The summed E-state index contributed by atoms with van der Waals surface area (Å²) in [7, 11) is 0. The van der Waals surface area contributed by atoms with Crippen LogP contribution in [0, 0.1) is 5.92 Å². The summed E-state index contributed by atoms with van der Waals surface area (Å²) < 4.78 is 5.79. The molecule has 1 aromatic carbocycles. The van der Waals surface area contributed by atoms with E-state index in [1.807, 2.05) is 30.3 Å². The molecule has 2 unspecified atom stereocenters. The van der Waals surface area contributed by atoms with Crippen LogP contribution in [-0.4, -0.2) is 34.2 Å². The number of nitrogens with zero attached hydrogens (tertiary/aromatic N) is 3. The fourth-order valence-electron chi connectivity index (χ4n) is 2.94. The Morgan fingerprint density at radius 3 is 2.86 bits per heavy atom. The average molecular weight is 286 g/mol. The van der Waals surface area contributed by atoms with Gasteiger partial charge in [-0.3, -0.25) is 4.90 Å². The number of aromatic nitrogens is 2. The Morgan fingerprint density at radius 2 is 2.10 bits per heavy atom. The first-order chi connectivity index (χ1) is 10.3. The van der Waals surface area contributed by atoms with E-state index in [0.29, 0.717) is 30.9 Å². The summed E-state index contributed by atoms with van der Waals surface area (Å²) in [5, 5.41) is 8.32. The van der Waals surface area contributed by atoms with E-state index in [9.17, 15) is 0 Å². The quantitative estimate of drug-likeness (QED) is 0.934. The highest BCUT2D eigenvalue weighted by atomic mass is 16.4. The summed E-state index contributed by atoms with van der Waals surface area (Å²) in [6.07, 6.45) is 2.35. The standard InChI is InChI=1S/C16H22N4O/c1-12-7-8-20(14(9-12)10-17)11-15-18-19-16(21-15)13-5-3-2-4-6-13/h2-6,12,14H,7-11,17H2,1H3. The maximum Gasteiger partial charge on any atom is 0.247 e. The van der Waals surface area contributed by atoms with Crippen LogP contribution in [0.3, 0.4) is 0 Å². The minimum atomic E-state index is 0.417. The van der Waals surface area contributed by atoms with Crippen LogP contribution < -0.4 is 5.73 Å². The van der Waals surface area contributed by atoms with Crippen LogP contribution in [0.15, 0.2) is 34.7 Å². The molecular formula is C16H22N4O. The van der Waals surface area contributed by atoms with Crippen molar-refractivity contribution in [2.45, 2.75) is 32.4 Å². The molecule has 3 rings (SSSR count). The van der Waals surface area contributed by atoms with Crippen molar-refractivity contribution in [3.8, 4) is 11.5 Å². The summed E-state index contributed by atoms with van der Waals surface area (Å²) in [6.45, 7) is 4.71. The van der Waals surface area contributed by atoms with Gasteiger partial charge in [-0.05, 0) is 37.4 Å². The van der Waals surface area contributed by atoms with Gasteiger partial charge in [-0.15, -0.1) is 10.2 Å². The molecule has 0 saturated carbocycles. The highest BCUT2D eigenvalue weighted by Gasteiger charge is 2.26. The van der Waals surface area contributed by atoms with E-state index >= 15 is 0 Å². The van der Waals surface area contributed by atoms with Crippen molar-refractivity contribution in [1.29, 1.82) is 0 Å². The minimum absolute atomic E-state index is 0.417. The van der Waals surface area contributed by atoms with Crippen molar-refractivity contribution >= 4 is 0 Å². The Balaban J connectivity index is 1.69. The molecule has 21 heavy (non-hydrogen) atoms. The highest BCUT2D eigenvalue weighted by molar-refractivity contribution is 5.51. The van der Waals surface area contributed by atoms with E-state index in [-0.39, 0.29) is 0 Å². The van der Waals surface area contributed by atoms with Gasteiger partial charge in [0, 0.05) is 18.2 Å². The van der Waals surface area contributed by atoms with Gasteiger partial charge < -0.3 is 10.2 Å². The molecule has 2 aromatic rings. The summed E-state index contributed by atoms with van der Waals surface area (Å²) in [6, 6.07) is 10.3. The Morgan fingerprint density at radius 1 is 1.29 bits per heavy atom. The lowest BCUT2D eigenvalue weighted by Crippen LogP contribution is -2.45. The maximum atomic E-state index is 5.90. The first-order valence-electron chi connectivity index (χ1n) is 7.58. The van der Waals surface area contributed by atoms with Crippen LogP contribution in [-0.2, 0) is 6.54 Å². The van der Waals surface area contributed by atoms with Crippen molar-refractivity contribution in [1.82, 2.24) is 15.1 Å². The molecule has 0 aliphatic carbocycles. The van der Waals surface area contributed by atoms with Gasteiger partial charge in [0.15, 0.2) is 0 Å². The monoisotopic (exact) mass is 286 g/mol. The van der Waals surface area contributed by atoms with Crippen LogP contribution in [0.4, 0.5) is 0 Å². The number of piperidine rings is 1. The van der Waals surface area contributed by atoms with Gasteiger partial charge in [0.2, 0.25) is 11.8 Å². The molecule has 1 saturated heterocycles. The maximum absolute atomic E-state index is 5.90. The summed E-state index contributed by atoms with van der Waals surface area (Å²) >= 11 is 0. The van der Waals surface area contributed by atoms with Gasteiger partial charge in [-0.2, -0.15) is 0 Å². The molecule has 5 heteroatoms. The Bertz CT molecular complexity index is 569. The number of hydrogen-bond donors (Lipinski definition) is 1. The number of benzene rings is 1. The molecule has 5 nitrogen and oxygen atoms in total. The Labute approximate surface area is 125 Å². The number of hydrogen-bond acceptors (Lipinski definition) is 5. The third-order valence-electron chi connectivity index (χ3n) is 4.20. The fourth-order valence-corrected chi connectivity index (χ4v) is 2.94. The van der Waals surface area contributed by atoms with E-state index in [1.54, 1.807) is 0 Å². The van der Waals surface area contributed by atoms with Crippen molar-refractivity contribution in [3.63, 3.8) is 0 Å². The van der Waals surface area contributed by atoms with Gasteiger partial charge in [0.05, 0.1) is 6.54 Å². The molecule has 1 aromatic heterocycles. The first kappa shape index (κ1) is 14.2. The summed E-state index contributed by atoms with van der Waals surface area (Å²) in [5.74, 6) is 2.00. The number of likely N-dealkylation sites (tertiary alicyclic amines) is 1. The number of rotatable bonds is 4. The molecule has 1 fully saturated rings. The molecule has 2 N–H and O–H groups in total. The first-order valence-corrected chi connectivity index (χ1v) is 7.58. The molecule has 1 aliphatic heterocycles. The van der Waals surface area contributed by atoms with Gasteiger partial charge in [0.1, 0.15) is 0 Å². The molecule has 0 radical (unpaired) electrons. The van der Waals surface area contributed by atoms with E-state index in [0.717, 1.165) is 24.4 Å². The third-order valence-corrected chi connectivity index (χ3v) is 4.20. The molecule has 1 aliphatic rings. The average Bonchev–Trinajstić information content (AvgIpc) is 2.98. The molecular weight excluding hydrogens is 264 g/mol. The topological polar surface area (TPSA) is 68.2 Å². The van der Waals surface area contributed by atoms with Gasteiger partial charge in [0.25, 0.3) is 0 Å². The molecule has 2 heterocycles.